The Morgan fingerprint density at radius 2 is 1.51 bits per heavy atom. The maximum Gasteiger partial charge on any atom is 0.410 e. The van der Waals surface area contributed by atoms with Crippen LogP contribution >= 0.6 is 11.6 Å². The van der Waals surface area contributed by atoms with Crippen molar-refractivity contribution in [3.63, 3.8) is 0 Å². The highest BCUT2D eigenvalue weighted by molar-refractivity contribution is 6.34. The molecule has 2 aromatic carbocycles. The highest BCUT2D eigenvalue weighted by Crippen LogP contribution is 2.34. The van der Waals surface area contributed by atoms with Crippen LogP contribution in [0.4, 0.5) is 19.3 Å². The van der Waals surface area contributed by atoms with Gasteiger partial charge in [0.1, 0.15) is 11.2 Å². The number of nitrogens with zero attached hydrogens (tertiary/aromatic N) is 8. The van der Waals surface area contributed by atoms with Gasteiger partial charge in [0.15, 0.2) is 24.0 Å². The molecule has 2 saturated heterocycles. The van der Waals surface area contributed by atoms with Crippen LogP contribution in [0.15, 0.2) is 42.7 Å². The quantitative estimate of drug-likeness (QED) is 0.0930. The number of likely N-dealkylation sites (tertiary alicyclic amines) is 1. The van der Waals surface area contributed by atoms with E-state index in [1.807, 2.05) is 48.6 Å². The highest BCUT2D eigenvalue weighted by atomic mass is 35.5. The number of piperazine rings is 1. The third kappa shape index (κ3) is 13.0. The topological polar surface area (TPSA) is 170 Å². The van der Waals surface area contributed by atoms with Gasteiger partial charge in [-0.1, -0.05) is 17.7 Å². The van der Waals surface area contributed by atoms with Gasteiger partial charge in [-0.15, -0.1) is 0 Å². The molecule has 4 aromatic rings. The molecular weight excluding hydrogens is 916 g/mol. The Morgan fingerprint density at radius 3 is 2.14 bits per heavy atom. The van der Waals surface area contributed by atoms with Crippen LogP contribution in [0.3, 0.4) is 0 Å². The summed E-state index contributed by atoms with van der Waals surface area (Å²) >= 11 is 6.61. The number of aromatic nitrogens is 4. The average molecular weight is 982 g/mol. The van der Waals surface area contributed by atoms with Crippen molar-refractivity contribution in [2.24, 2.45) is 13.0 Å². The zero-order valence-electron chi connectivity index (χ0n) is 41.3. The largest absolute Gasteiger partial charge is 0.456 e. The molecule has 0 spiro atoms. The molecule has 374 valence electrons. The molecule has 0 bridgehead atoms. The molecular formula is C49H65ClF2N9O8+. The first-order valence-corrected chi connectivity index (χ1v) is 23.5. The molecule has 6 rings (SSSR count). The van der Waals surface area contributed by atoms with E-state index < -0.39 is 28.7 Å². The van der Waals surface area contributed by atoms with Crippen LogP contribution in [-0.2, 0) is 37.4 Å². The maximum absolute atomic E-state index is 15.6. The molecule has 69 heavy (non-hydrogen) atoms. The second-order valence-electron chi connectivity index (χ2n) is 20.1. The van der Waals surface area contributed by atoms with E-state index in [0.717, 1.165) is 0 Å². The zero-order chi connectivity index (χ0) is 50.6. The van der Waals surface area contributed by atoms with Crippen molar-refractivity contribution in [2.75, 3.05) is 85.0 Å². The van der Waals surface area contributed by atoms with Gasteiger partial charge in [-0.3, -0.25) is 19.1 Å². The summed E-state index contributed by atoms with van der Waals surface area (Å²) in [6.07, 6.45) is 3.19. The minimum atomic E-state index is -1.10. The van der Waals surface area contributed by atoms with Gasteiger partial charge in [0.05, 0.1) is 62.0 Å². The third-order valence-corrected chi connectivity index (χ3v) is 12.5. The minimum Gasteiger partial charge on any atom is -0.456 e. The summed E-state index contributed by atoms with van der Waals surface area (Å²) in [5, 5.41) is 7.09. The molecule has 4 amide bonds. The Morgan fingerprint density at radius 1 is 0.870 bits per heavy atom. The lowest BCUT2D eigenvalue weighted by Crippen LogP contribution is -2.60. The van der Waals surface area contributed by atoms with E-state index in [-0.39, 0.29) is 94.8 Å². The van der Waals surface area contributed by atoms with E-state index in [4.69, 9.17) is 25.8 Å². The van der Waals surface area contributed by atoms with Crippen LogP contribution in [0.1, 0.15) is 81.1 Å². The fraction of sp³-hybridized carbons (Fsp3) is 0.531. The van der Waals surface area contributed by atoms with E-state index >= 15 is 8.78 Å². The van der Waals surface area contributed by atoms with Crippen LogP contribution in [0.5, 0.6) is 0 Å². The molecule has 1 N–H and O–H groups in total. The third-order valence-electron chi connectivity index (χ3n) is 12.2. The number of carbonyl (C=O) groups is 5. The lowest BCUT2D eigenvalue weighted by atomic mass is 9.98. The Balaban J connectivity index is 1.00. The van der Waals surface area contributed by atoms with Crippen LogP contribution in [0.25, 0.3) is 22.4 Å². The minimum absolute atomic E-state index is 0.0470. The van der Waals surface area contributed by atoms with Crippen molar-refractivity contribution in [1.82, 2.24) is 34.0 Å². The van der Waals surface area contributed by atoms with Crippen molar-refractivity contribution in [3.05, 3.63) is 76.5 Å². The number of esters is 1. The van der Waals surface area contributed by atoms with Gasteiger partial charge in [-0.25, -0.2) is 23.4 Å². The number of ether oxygens (including phenoxy) is 3. The number of likely N-dealkylation sites (N-methyl/N-ethyl adjacent to an activating group) is 1. The molecule has 17 nitrogen and oxygen atoms in total. The van der Waals surface area contributed by atoms with Crippen LogP contribution in [0, 0.1) is 24.5 Å². The van der Waals surface area contributed by atoms with Crippen LogP contribution < -0.4 is 5.32 Å². The summed E-state index contributed by atoms with van der Waals surface area (Å²) in [5.74, 6) is -3.43. The van der Waals surface area contributed by atoms with E-state index in [1.54, 1.807) is 33.4 Å². The fourth-order valence-electron chi connectivity index (χ4n) is 8.70. The van der Waals surface area contributed by atoms with Crippen LogP contribution in [-0.4, -0.2) is 159 Å². The van der Waals surface area contributed by atoms with Crippen molar-refractivity contribution >= 4 is 47.1 Å². The van der Waals surface area contributed by atoms with Crippen LogP contribution in [0.2, 0.25) is 5.02 Å². The number of hydrogen-bond donors (Lipinski definition) is 1. The number of halogens is 3. The van der Waals surface area contributed by atoms with E-state index in [0.29, 0.717) is 74.6 Å². The molecule has 0 saturated carbocycles. The average Bonchev–Trinajstić information content (AvgIpc) is 3.81. The SMILES string of the molecule is COCCn1ncc(-c2ccc(-c3cnc(C(=O)Nc4ccc(C(=O)N5CCN(C(=O)CCC[N+](C)(CC(=O)OC(C)(C)C)CC6CN(C(=O)OC(C)(C)C)C6)CC5)c(Cl)c4)n3C)c(F)c2F)c1C. The monoisotopic (exact) mass is 980 g/mol. The number of anilines is 1. The summed E-state index contributed by atoms with van der Waals surface area (Å²) in [5.41, 5.74) is 0.483. The molecule has 2 aliphatic rings. The Kier molecular flexibility index (Phi) is 16.3. The summed E-state index contributed by atoms with van der Waals surface area (Å²) in [7, 11) is 5.06. The molecule has 0 radical (unpaired) electrons. The molecule has 2 aliphatic heterocycles. The Hall–Kier alpha value is -5.92. The van der Waals surface area contributed by atoms with Gasteiger partial charge in [-0.05, 0) is 72.7 Å². The smallest absolute Gasteiger partial charge is 0.410 e. The number of benzene rings is 2. The predicted octanol–water partition coefficient (Wildman–Crippen LogP) is 6.81. The number of rotatable bonds is 16. The highest BCUT2D eigenvalue weighted by Gasteiger charge is 2.40. The van der Waals surface area contributed by atoms with E-state index in [1.165, 1.54) is 54.3 Å². The molecule has 20 heteroatoms. The van der Waals surface area contributed by atoms with E-state index in [2.05, 4.69) is 15.4 Å². The summed E-state index contributed by atoms with van der Waals surface area (Å²) < 4.78 is 50.8. The number of amides is 4. The molecule has 4 heterocycles. The molecule has 1 unspecified atom stereocenters. The number of nitrogens with one attached hydrogen (secondary N) is 1. The first-order valence-electron chi connectivity index (χ1n) is 23.1. The molecule has 2 aromatic heterocycles. The van der Waals surface area contributed by atoms with Gasteiger partial charge in [0.25, 0.3) is 11.8 Å². The van der Waals surface area contributed by atoms with Crippen molar-refractivity contribution in [3.8, 4) is 22.4 Å². The number of imidazole rings is 1. The number of hydrogen-bond acceptors (Lipinski definition) is 10. The first-order chi connectivity index (χ1) is 32.4. The van der Waals surface area contributed by atoms with Gasteiger partial charge >= 0.3 is 12.1 Å². The second kappa shape index (κ2) is 21.4. The lowest BCUT2D eigenvalue weighted by Gasteiger charge is -2.44. The van der Waals surface area contributed by atoms with Gasteiger partial charge < -0.3 is 43.3 Å². The predicted molar refractivity (Wildman–Crippen MR) is 255 cm³/mol. The van der Waals surface area contributed by atoms with Crippen molar-refractivity contribution < 1.29 is 51.4 Å². The van der Waals surface area contributed by atoms with E-state index in [9.17, 15) is 24.0 Å². The number of carbonyl (C=O) groups excluding carboxylic acids is 5. The lowest BCUT2D eigenvalue weighted by molar-refractivity contribution is -0.906. The molecule has 1 atom stereocenters. The Bertz CT molecular complexity index is 2560. The number of methoxy groups -OCH3 is 1. The molecule has 2 fully saturated rings. The Labute approximate surface area is 407 Å². The second-order valence-corrected chi connectivity index (χ2v) is 20.5. The standard InChI is InChI=1S/C49H64ClF2N9O8/c1-31-37(25-54-60(31)21-23-67-10)34-15-16-36(43(52)42(34)51)39-26-53-44(56(39)8)45(64)55-33-13-14-35(38(50)24-33)46(65)58-19-17-57(18-20-58)40(62)12-11-22-61(9,30-41(63)68-48(2,3)4)29-32-27-59(28-32)47(66)69-49(5,6)7/h13-16,24-26,32H,11-12,17-23,27-30H2,1-10H3/p+1. The van der Waals surface area contributed by atoms with Gasteiger partial charge in [-0.2, -0.15) is 5.10 Å². The zero-order valence-corrected chi connectivity index (χ0v) is 42.0. The first kappa shape index (κ1) is 52.5. The number of quaternary nitrogens is 1. The van der Waals surface area contributed by atoms with Crippen molar-refractivity contribution in [1.29, 1.82) is 0 Å². The fourth-order valence-corrected chi connectivity index (χ4v) is 8.96. The van der Waals surface area contributed by atoms with Gasteiger partial charge in [0.2, 0.25) is 5.91 Å². The normalized spacial score (nSPS) is 15.4. The summed E-state index contributed by atoms with van der Waals surface area (Å²) in [6, 6.07) is 7.38. The summed E-state index contributed by atoms with van der Waals surface area (Å²) in [4.78, 5) is 75.2. The van der Waals surface area contributed by atoms with Crippen molar-refractivity contribution in [2.45, 2.75) is 79.1 Å². The van der Waals surface area contributed by atoms with Gasteiger partial charge in [0, 0.05) is 100 Å². The molecule has 0 aliphatic carbocycles. The summed E-state index contributed by atoms with van der Waals surface area (Å²) in [6.45, 7) is 17.2. The maximum atomic E-state index is 15.6.